The number of hydrogen-bond acceptors (Lipinski definition) is 5. The summed E-state index contributed by atoms with van der Waals surface area (Å²) in [5.41, 5.74) is 1.87. The summed E-state index contributed by atoms with van der Waals surface area (Å²) < 4.78 is 3.76. The number of anilines is 1. The zero-order chi connectivity index (χ0) is 9.80. The molecule has 2 N–H and O–H groups in total. The van der Waals surface area contributed by atoms with Gasteiger partial charge in [-0.25, -0.2) is 0 Å². The Balaban J connectivity index is 1.95. The van der Waals surface area contributed by atoms with Crippen molar-refractivity contribution in [2.75, 3.05) is 5.32 Å². The Morgan fingerprint density at radius 1 is 1.29 bits per heavy atom. The van der Waals surface area contributed by atoms with Crippen LogP contribution in [0, 0.1) is 0 Å². The van der Waals surface area contributed by atoms with Crippen molar-refractivity contribution in [3.05, 3.63) is 35.3 Å². The van der Waals surface area contributed by atoms with Crippen LogP contribution in [0.2, 0.25) is 0 Å². The van der Waals surface area contributed by atoms with Crippen molar-refractivity contribution in [2.24, 2.45) is 0 Å². The Bertz CT molecular complexity index is 385. The number of aromatic nitrogens is 2. The lowest BCUT2D eigenvalue weighted by atomic mass is 10.3. The molecule has 0 aliphatic heterocycles. The molecule has 0 fully saturated rings. The van der Waals surface area contributed by atoms with Gasteiger partial charge in [0.1, 0.15) is 5.75 Å². The summed E-state index contributed by atoms with van der Waals surface area (Å²) >= 11 is 1.34. The van der Waals surface area contributed by atoms with Crippen LogP contribution in [0.25, 0.3) is 0 Å². The first-order chi connectivity index (χ1) is 6.84. The van der Waals surface area contributed by atoms with Gasteiger partial charge in [0.15, 0.2) is 0 Å². The molecule has 72 valence electrons. The van der Waals surface area contributed by atoms with E-state index in [1.54, 1.807) is 12.1 Å². The molecule has 0 amide bonds. The molecule has 5 heteroatoms. The van der Waals surface area contributed by atoms with E-state index in [1.165, 1.54) is 11.5 Å². The van der Waals surface area contributed by atoms with Gasteiger partial charge in [-0.2, -0.15) is 0 Å². The van der Waals surface area contributed by atoms with Crippen LogP contribution in [-0.4, -0.2) is 14.7 Å². The SMILES string of the molecule is Oc1ccc(NCc2csnn2)cc1. The minimum atomic E-state index is 0.269. The first-order valence-corrected chi connectivity index (χ1v) is 4.97. The van der Waals surface area contributed by atoms with E-state index >= 15 is 0 Å². The molecule has 0 saturated carbocycles. The van der Waals surface area contributed by atoms with Gasteiger partial charge >= 0.3 is 0 Å². The second kappa shape index (κ2) is 4.06. The van der Waals surface area contributed by atoms with Crippen LogP contribution in [0.4, 0.5) is 5.69 Å². The molecular weight excluding hydrogens is 198 g/mol. The Hall–Kier alpha value is -1.62. The van der Waals surface area contributed by atoms with Crippen molar-refractivity contribution in [2.45, 2.75) is 6.54 Å². The van der Waals surface area contributed by atoms with Crippen LogP contribution >= 0.6 is 11.5 Å². The molecule has 0 aliphatic rings. The predicted molar refractivity (Wildman–Crippen MR) is 55.3 cm³/mol. The molecule has 0 radical (unpaired) electrons. The fourth-order valence-electron chi connectivity index (χ4n) is 1.03. The van der Waals surface area contributed by atoms with Crippen molar-refractivity contribution < 1.29 is 5.11 Å². The average molecular weight is 207 g/mol. The largest absolute Gasteiger partial charge is 0.508 e. The third-order valence-electron chi connectivity index (χ3n) is 1.75. The molecule has 4 nitrogen and oxygen atoms in total. The third-order valence-corrected chi connectivity index (χ3v) is 2.30. The van der Waals surface area contributed by atoms with Crippen LogP contribution in [0.3, 0.4) is 0 Å². The molecule has 2 aromatic rings. The number of benzene rings is 1. The summed E-state index contributed by atoms with van der Waals surface area (Å²) in [6.07, 6.45) is 0. The summed E-state index contributed by atoms with van der Waals surface area (Å²) in [6.45, 7) is 0.654. The van der Waals surface area contributed by atoms with Gasteiger partial charge in [-0.3, -0.25) is 0 Å². The lowest BCUT2D eigenvalue weighted by Gasteiger charge is -2.03. The Labute approximate surface area is 85.4 Å². The first-order valence-electron chi connectivity index (χ1n) is 4.13. The topological polar surface area (TPSA) is 58.0 Å². The van der Waals surface area contributed by atoms with Gasteiger partial charge in [-0.05, 0) is 35.8 Å². The highest BCUT2D eigenvalue weighted by Gasteiger charge is 1.96. The molecule has 0 atom stereocenters. The van der Waals surface area contributed by atoms with E-state index in [-0.39, 0.29) is 5.75 Å². The number of phenolic OH excluding ortho intramolecular Hbond substituents is 1. The lowest BCUT2D eigenvalue weighted by Crippen LogP contribution is -1.99. The molecule has 2 rings (SSSR count). The predicted octanol–water partition coefficient (Wildman–Crippen LogP) is 1.86. The van der Waals surface area contributed by atoms with E-state index in [2.05, 4.69) is 14.9 Å². The summed E-state index contributed by atoms with van der Waals surface area (Å²) in [4.78, 5) is 0. The van der Waals surface area contributed by atoms with Gasteiger partial charge < -0.3 is 10.4 Å². The summed E-state index contributed by atoms with van der Waals surface area (Å²) in [7, 11) is 0. The zero-order valence-corrected chi connectivity index (χ0v) is 8.16. The lowest BCUT2D eigenvalue weighted by molar-refractivity contribution is 0.475. The Kier molecular flexibility index (Phi) is 2.60. The average Bonchev–Trinajstić information content (AvgIpc) is 2.70. The quantitative estimate of drug-likeness (QED) is 0.754. The summed E-state index contributed by atoms with van der Waals surface area (Å²) in [5.74, 6) is 0.269. The first kappa shape index (κ1) is 8.96. The van der Waals surface area contributed by atoms with Gasteiger partial charge in [-0.1, -0.05) is 4.49 Å². The fourth-order valence-corrected chi connectivity index (χ4v) is 1.48. The van der Waals surface area contributed by atoms with Crippen LogP contribution in [0.5, 0.6) is 5.75 Å². The fraction of sp³-hybridized carbons (Fsp3) is 0.111. The molecule has 1 aromatic carbocycles. The standard InChI is InChI=1S/C9H9N3OS/c13-9-3-1-7(2-4-9)10-5-8-6-14-12-11-8/h1-4,6,10,13H,5H2. The van der Waals surface area contributed by atoms with E-state index in [4.69, 9.17) is 5.11 Å². The molecule has 0 bridgehead atoms. The second-order valence-corrected chi connectivity index (χ2v) is 3.41. The normalized spacial score (nSPS) is 10.0. The molecule has 0 saturated heterocycles. The molecule has 0 unspecified atom stereocenters. The maximum absolute atomic E-state index is 9.06. The number of aromatic hydroxyl groups is 1. The van der Waals surface area contributed by atoms with E-state index in [9.17, 15) is 0 Å². The summed E-state index contributed by atoms with van der Waals surface area (Å²) in [6, 6.07) is 6.91. The smallest absolute Gasteiger partial charge is 0.115 e. The highest BCUT2D eigenvalue weighted by Crippen LogP contribution is 2.14. The van der Waals surface area contributed by atoms with E-state index in [0.29, 0.717) is 6.54 Å². The monoisotopic (exact) mass is 207 g/mol. The van der Waals surface area contributed by atoms with Crippen molar-refractivity contribution in [1.29, 1.82) is 0 Å². The minimum Gasteiger partial charge on any atom is -0.508 e. The number of rotatable bonds is 3. The van der Waals surface area contributed by atoms with Crippen molar-refractivity contribution in [1.82, 2.24) is 9.59 Å². The number of nitrogens with one attached hydrogen (secondary N) is 1. The molecule has 1 heterocycles. The van der Waals surface area contributed by atoms with E-state index in [1.807, 2.05) is 17.5 Å². The maximum Gasteiger partial charge on any atom is 0.115 e. The maximum atomic E-state index is 9.06. The molecule has 14 heavy (non-hydrogen) atoms. The van der Waals surface area contributed by atoms with Crippen molar-refractivity contribution in [3.8, 4) is 5.75 Å². The third kappa shape index (κ3) is 2.20. The van der Waals surface area contributed by atoms with Crippen LogP contribution in [-0.2, 0) is 6.54 Å². The van der Waals surface area contributed by atoms with Crippen LogP contribution in [0.1, 0.15) is 5.69 Å². The van der Waals surface area contributed by atoms with Gasteiger partial charge in [0.05, 0.1) is 12.2 Å². The molecular formula is C9H9N3OS. The highest BCUT2D eigenvalue weighted by molar-refractivity contribution is 7.03. The van der Waals surface area contributed by atoms with Crippen LogP contribution < -0.4 is 5.32 Å². The van der Waals surface area contributed by atoms with Gasteiger partial charge in [-0.15, -0.1) is 5.10 Å². The van der Waals surface area contributed by atoms with Gasteiger partial charge in [0.2, 0.25) is 0 Å². The van der Waals surface area contributed by atoms with Gasteiger partial charge in [0, 0.05) is 11.1 Å². The Morgan fingerprint density at radius 2 is 2.07 bits per heavy atom. The minimum absolute atomic E-state index is 0.269. The van der Waals surface area contributed by atoms with Gasteiger partial charge in [0.25, 0.3) is 0 Å². The van der Waals surface area contributed by atoms with Crippen molar-refractivity contribution >= 4 is 17.2 Å². The zero-order valence-electron chi connectivity index (χ0n) is 7.34. The molecule has 1 aromatic heterocycles. The van der Waals surface area contributed by atoms with Crippen molar-refractivity contribution in [3.63, 3.8) is 0 Å². The number of phenols is 1. The molecule has 0 aliphatic carbocycles. The van der Waals surface area contributed by atoms with E-state index < -0.39 is 0 Å². The molecule has 0 spiro atoms. The van der Waals surface area contributed by atoms with E-state index in [0.717, 1.165) is 11.4 Å². The second-order valence-electron chi connectivity index (χ2n) is 2.80. The van der Waals surface area contributed by atoms with Crippen LogP contribution in [0.15, 0.2) is 29.6 Å². The highest BCUT2D eigenvalue weighted by atomic mass is 32.1. The number of nitrogens with zero attached hydrogens (tertiary/aromatic N) is 2. The Morgan fingerprint density at radius 3 is 2.71 bits per heavy atom. The number of hydrogen-bond donors (Lipinski definition) is 2. The summed E-state index contributed by atoms with van der Waals surface area (Å²) in [5, 5.41) is 18.0.